The van der Waals surface area contributed by atoms with Crippen molar-refractivity contribution >= 4 is 39.0 Å². The van der Waals surface area contributed by atoms with E-state index in [0.717, 1.165) is 43.0 Å². The highest BCUT2D eigenvalue weighted by molar-refractivity contribution is 9.10. The maximum atomic E-state index is 12.3. The van der Waals surface area contributed by atoms with E-state index >= 15 is 0 Å². The summed E-state index contributed by atoms with van der Waals surface area (Å²) < 4.78 is 0.840. The van der Waals surface area contributed by atoms with Crippen LogP contribution in [0.3, 0.4) is 0 Å². The van der Waals surface area contributed by atoms with Crippen LogP contribution in [0.1, 0.15) is 49.0 Å². The van der Waals surface area contributed by atoms with Gasteiger partial charge < -0.3 is 11.1 Å². The molecule has 3 N–H and O–H groups in total. The second-order valence-electron chi connectivity index (χ2n) is 5.18. The van der Waals surface area contributed by atoms with E-state index in [2.05, 4.69) is 26.2 Å². The van der Waals surface area contributed by atoms with Crippen molar-refractivity contribution < 1.29 is 4.79 Å². The van der Waals surface area contributed by atoms with E-state index < -0.39 is 5.54 Å². The first-order chi connectivity index (χ1) is 9.53. The zero-order valence-corrected chi connectivity index (χ0v) is 13.6. The molecule has 0 spiro atoms. The molecule has 108 valence electrons. The molecule has 1 saturated carbocycles. The van der Waals surface area contributed by atoms with Gasteiger partial charge in [0.15, 0.2) is 0 Å². The number of amides is 1. The van der Waals surface area contributed by atoms with Crippen molar-refractivity contribution in [1.29, 1.82) is 0 Å². The van der Waals surface area contributed by atoms with E-state index in [-0.39, 0.29) is 5.91 Å². The Morgan fingerprint density at radius 2 is 1.95 bits per heavy atom. The molecule has 1 amide bonds. The highest BCUT2D eigenvalue weighted by Gasteiger charge is 2.35. The van der Waals surface area contributed by atoms with Gasteiger partial charge in [-0.1, -0.05) is 37.9 Å². The number of halogens is 1. The summed E-state index contributed by atoms with van der Waals surface area (Å²) in [6.07, 6.45) is 7.62. The summed E-state index contributed by atoms with van der Waals surface area (Å²) in [7, 11) is 0. The van der Waals surface area contributed by atoms with E-state index in [4.69, 9.17) is 18.0 Å². The van der Waals surface area contributed by atoms with E-state index in [1.165, 1.54) is 0 Å². The molecule has 1 aromatic heterocycles. The molecule has 1 aliphatic rings. The number of nitrogens with one attached hydrogen (secondary N) is 1. The van der Waals surface area contributed by atoms with E-state index in [1.807, 2.05) is 0 Å². The van der Waals surface area contributed by atoms with Gasteiger partial charge in [0.05, 0.1) is 10.5 Å². The molecular formula is C14H18BrN3OS. The first-order valence-corrected chi connectivity index (χ1v) is 7.98. The van der Waals surface area contributed by atoms with E-state index in [1.54, 1.807) is 18.3 Å². The van der Waals surface area contributed by atoms with Gasteiger partial charge >= 0.3 is 0 Å². The van der Waals surface area contributed by atoms with Crippen molar-refractivity contribution in [3.05, 3.63) is 28.5 Å². The largest absolute Gasteiger partial charge is 0.391 e. The molecule has 0 radical (unpaired) electrons. The molecule has 1 aromatic rings. The summed E-state index contributed by atoms with van der Waals surface area (Å²) in [5.41, 5.74) is 5.74. The first kappa shape index (κ1) is 15.4. The molecule has 20 heavy (non-hydrogen) atoms. The van der Waals surface area contributed by atoms with Gasteiger partial charge in [-0.25, -0.2) is 4.98 Å². The lowest BCUT2D eigenvalue weighted by atomic mass is 9.90. The van der Waals surface area contributed by atoms with Crippen LogP contribution in [0.2, 0.25) is 0 Å². The summed E-state index contributed by atoms with van der Waals surface area (Å²) in [6, 6.07) is 3.48. The van der Waals surface area contributed by atoms with Crippen LogP contribution in [0, 0.1) is 0 Å². The third-order valence-corrected chi connectivity index (χ3v) is 4.60. The molecular weight excluding hydrogens is 338 g/mol. The van der Waals surface area contributed by atoms with Crippen molar-refractivity contribution in [2.24, 2.45) is 5.73 Å². The Morgan fingerprint density at radius 1 is 1.30 bits per heavy atom. The minimum absolute atomic E-state index is 0.216. The van der Waals surface area contributed by atoms with E-state index in [0.29, 0.717) is 10.7 Å². The third kappa shape index (κ3) is 3.55. The maximum absolute atomic E-state index is 12.3. The van der Waals surface area contributed by atoms with Crippen LogP contribution in [-0.2, 0) is 0 Å². The average molecular weight is 356 g/mol. The van der Waals surface area contributed by atoms with Gasteiger partial charge in [-0.05, 0) is 40.9 Å². The second kappa shape index (κ2) is 6.63. The monoisotopic (exact) mass is 355 g/mol. The molecule has 1 aliphatic carbocycles. The summed E-state index contributed by atoms with van der Waals surface area (Å²) in [4.78, 5) is 16.8. The molecule has 0 bridgehead atoms. The van der Waals surface area contributed by atoms with Crippen LogP contribution in [0.4, 0.5) is 0 Å². The predicted octanol–water partition coefficient (Wildman–Crippen LogP) is 2.95. The minimum atomic E-state index is -0.558. The molecule has 0 atom stereocenters. The Labute approximate surface area is 132 Å². The van der Waals surface area contributed by atoms with Crippen LogP contribution >= 0.6 is 28.1 Å². The standard InChI is InChI=1S/C14H18BrN3OS/c15-10-5-6-11(17-9-10)12(19)18-14(13(16)20)7-3-1-2-4-8-14/h5-6,9H,1-4,7-8H2,(H2,16,20)(H,18,19). The summed E-state index contributed by atoms with van der Waals surface area (Å²) in [5, 5.41) is 3.02. The Bertz CT molecular complexity index is 496. The van der Waals surface area contributed by atoms with Gasteiger partial charge in [0.25, 0.3) is 5.91 Å². The molecule has 6 heteroatoms. The highest BCUT2D eigenvalue weighted by Crippen LogP contribution is 2.28. The number of rotatable bonds is 3. The lowest BCUT2D eigenvalue weighted by Gasteiger charge is -2.32. The van der Waals surface area contributed by atoms with Gasteiger partial charge in [-0.3, -0.25) is 4.79 Å². The Hall–Kier alpha value is -1.01. The van der Waals surface area contributed by atoms with Crippen molar-refractivity contribution in [1.82, 2.24) is 10.3 Å². The first-order valence-electron chi connectivity index (χ1n) is 6.77. The average Bonchev–Trinajstić information content (AvgIpc) is 2.66. The lowest BCUT2D eigenvalue weighted by Crippen LogP contribution is -2.56. The fraction of sp³-hybridized carbons (Fsp3) is 0.500. The molecule has 4 nitrogen and oxygen atoms in total. The Kier molecular flexibility index (Phi) is 5.10. The van der Waals surface area contributed by atoms with Crippen LogP contribution in [0.25, 0.3) is 0 Å². The molecule has 2 rings (SSSR count). The van der Waals surface area contributed by atoms with Crippen molar-refractivity contribution in [2.75, 3.05) is 0 Å². The van der Waals surface area contributed by atoms with Gasteiger partial charge in [0.1, 0.15) is 5.69 Å². The van der Waals surface area contributed by atoms with E-state index in [9.17, 15) is 4.79 Å². The fourth-order valence-electron chi connectivity index (χ4n) is 2.56. The Balaban J connectivity index is 2.17. The van der Waals surface area contributed by atoms with Crippen molar-refractivity contribution in [3.8, 4) is 0 Å². The molecule has 0 aliphatic heterocycles. The minimum Gasteiger partial charge on any atom is -0.391 e. The number of nitrogens with two attached hydrogens (primary N) is 1. The van der Waals surface area contributed by atoms with Crippen LogP contribution < -0.4 is 11.1 Å². The zero-order valence-electron chi connectivity index (χ0n) is 11.2. The zero-order chi connectivity index (χ0) is 14.6. The fourth-order valence-corrected chi connectivity index (χ4v) is 3.05. The Morgan fingerprint density at radius 3 is 2.45 bits per heavy atom. The van der Waals surface area contributed by atoms with Crippen molar-refractivity contribution in [3.63, 3.8) is 0 Å². The molecule has 0 unspecified atom stereocenters. The van der Waals surface area contributed by atoms with Crippen molar-refractivity contribution in [2.45, 2.75) is 44.1 Å². The summed E-state index contributed by atoms with van der Waals surface area (Å²) in [6.45, 7) is 0. The van der Waals surface area contributed by atoms with Crippen LogP contribution in [-0.4, -0.2) is 21.4 Å². The molecule has 1 fully saturated rings. The molecule has 1 heterocycles. The number of hydrogen-bond donors (Lipinski definition) is 2. The summed E-state index contributed by atoms with van der Waals surface area (Å²) in [5.74, 6) is -0.216. The number of pyridine rings is 1. The smallest absolute Gasteiger partial charge is 0.270 e. The third-order valence-electron chi connectivity index (χ3n) is 3.74. The SMILES string of the molecule is NC(=S)C1(NC(=O)c2ccc(Br)cn2)CCCCCC1. The maximum Gasteiger partial charge on any atom is 0.270 e. The highest BCUT2D eigenvalue weighted by atomic mass is 79.9. The predicted molar refractivity (Wildman–Crippen MR) is 86.6 cm³/mol. The normalized spacial score (nSPS) is 18.1. The number of carbonyl (C=O) groups excluding carboxylic acids is 1. The molecule has 0 aromatic carbocycles. The van der Waals surface area contributed by atoms with Gasteiger partial charge in [-0.15, -0.1) is 0 Å². The lowest BCUT2D eigenvalue weighted by molar-refractivity contribution is 0.0912. The quantitative estimate of drug-likeness (QED) is 0.646. The van der Waals surface area contributed by atoms with Crippen LogP contribution in [0.15, 0.2) is 22.8 Å². The van der Waals surface area contributed by atoms with Crippen LogP contribution in [0.5, 0.6) is 0 Å². The number of hydrogen-bond acceptors (Lipinski definition) is 3. The number of nitrogens with zero attached hydrogens (tertiary/aromatic N) is 1. The molecule has 0 saturated heterocycles. The number of thiocarbonyl (C=S) groups is 1. The number of aromatic nitrogens is 1. The number of carbonyl (C=O) groups is 1. The second-order valence-corrected chi connectivity index (χ2v) is 6.53. The topological polar surface area (TPSA) is 68.0 Å². The van der Waals surface area contributed by atoms with Gasteiger partial charge in [0, 0.05) is 10.7 Å². The van der Waals surface area contributed by atoms with Gasteiger partial charge in [-0.2, -0.15) is 0 Å². The summed E-state index contributed by atoms with van der Waals surface area (Å²) >= 11 is 8.51. The van der Waals surface area contributed by atoms with Gasteiger partial charge in [0.2, 0.25) is 0 Å².